The minimum absolute atomic E-state index is 0.0418. The van der Waals surface area contributed by atoms with E-state index in [-0.39, 0.29) is 26.1 Å². The monoisotopic (exact) mass is 358 g/mol. The molecule has 0 aliphatic rings. The summed E-state index contributed by atoms with van der Waals surface area (Å²) in [5.41, 5.74) is 1.53. The molecule has 6 heteroatoms. The van der Waals surface area contributed by atoms with Crippen LogP contribution in [0.3, 0.4) is 0 Å². The van der Waals surface area contributed by atoms with Gasteiger partial charge in [0.2, 0.25) is 0 Å². The first-order valence-electron chi connectivity index (χ1n) is 8.19. The maximum absolute atomic E-state index is 11.8. The summed E-state index contributed by atoms with van der Waals surface area (Å²) in [5, 5.41) is 0. The van der Waals surface area contributed by atoms with E-state index < -0.39 is 11.9 Å². The van der Waals surface area contributed by atoms with E-state index in [1.165, 1.54) is 0 Å². The Morgan fingerprint density at radius 1 is 0.692 bits per heavy atom. The molecule has 0 saturated carbocycles. The van der Waals surface area contributed by atoms with Gasteiger partial charge in [-0.2, -0.15) is 0 Å². The number of hydrogen-bond donors (Lipinski definition) is 0. The highest BCUT2D eigenvalue weighted by Crippen LogP contribution is 2.19. The van der Waals surface area contributed by atoms with Crippen LogP contribution in [0.15, 0.2) is 48.5 Å². The molecule has 2 rings (SSSR count). The predicted octanol–water partition coefficient (Wildman–Crippen LogP) is 3.27. The van der Waals surface area contributed by atoms with E-state index in [1.807, 2.05) is 36.4 Å². The highest BCUT2D eigenvalue weighted by Gasteiger charge is 2.12. The highest BCUT2D eigenvalue weighted by atomic mass is 16.5. The van der Waals surface area contributed by atoms with Crippen molar-refractivity contribution in [1.82, 2.24) is 0 Å². The van der Waals surface area contributed by atoms with Crippen LogP contribution in [0.25, 0.3) is 0 Å². The average Bonchev–Trinajstić information content (AvgIpc) is 2.69. The number of methoxy groups -OCH3 is 2. The third-order valence-corrected chi connectivity index (χ3v) is 3.70. The molecular weight excluding hydrogens is 336 g/mol. The number of rotatable bonds is 9. The molecule has 0 aliphatic heterocycles. The van der Waals surface area contributed by atoms with Crippen molar-refractivity contribution >= 4 is 11.9 Å². The van der Waals surface area contributed by atoms with Gasteiger partial charge in [0.05, 0.1) is 27.1 Å². The Morgan fingerprint density at radius 3 is 1.46 bits per heavy atom. The van der Waals surface area contributed by atoms with Gasteiger partial charge in [-0.3, -0.25) is 9.59 Å². The van der Waals surface area contributed by atoms with E-state index in [2.05, 4.69) is 0 Å². The van der Waals surface area contributed by atoms with E-state index in [0.29, 0.717) is 11.5 Å². The van der Waals surface area contributed by atoms with Crippen molar-refractivity contribution in [2.24, 2.45) is 0 Å². The fourth-order valence-corrected chi connectivity index (χ4v) is 2.31. The number of hydrogen-bond acceptors (Lipinski definition) is 6. The van der Waals surface area contributed by atoms with Crippen LogP contribution in [0.1, 0.15) is 24.0 Å². The van der Waals surface area contributed by atoms with Crippen LogP contribution in [0.4, 0.5) is 0 Å². The fourth-order valence-electron chi connectivity index (χ4n) is 2.31. The quantitative estimate of drug-likeness (QED) is 0.641. The van der Waals surface area contributed by atoms with Crippen LogP contribution < -0.4 is 9.47 Å². The Balaban J connectivity index is 1.72. The molecule has 0 aromatic heterocycles. The number of esters is 2. The van der Waals surface area contributed by atoms with Crippen molar-refractivity contribution in [2.75, 3.05) is 14.2 Å². The molecule has 26 heavy (non-hydrogen) atoms. The summed E-state index contributed by atoms with van der Waals surface area (Å²) < 4.78 is 20.7. The topological polar surface area (TPSA) is 71.1 Å². The van der Waals surface area contributed by atoms with Crippen molar-refractivity contribution in [2.45, 2.75) is 26.1 Å². The molecule has 6 nitrogen and oxygen atoms in total. The molecule has 138 valence electrons. The van der Waals surface area contributed by atoms with Gasteiger partial charge in [-0.05, 0) is 12.1 Å². The summed E-state index contributed by atoms with van der Waals surface area (Å²) >= 11 is 0. The number of carbonyl (C=O) groups excluding carboxylic acids is 2. The normalized spacial score (nSPS) is 10.1. The molecular formula is C20H22O6. The molecule has 0 atom stereocenters. The van der Waals surface area contributed by atoms with E-state index in [1.54, 1.807) is 26.4 Å². The number of benzene rings is 2. The van der Waals surface area contributed by atoms with Crippen LogP contribution in [0.2, 0.25) is 0 Å². The maximum atomic E-state index is 11.8. The van der Waals surface area contributed by atoms with Crippen molar-refractivity contribution in [3.63, 3.8) is 0 Å². The van der Waals surface area contributed by atoms with Gasteiger partial charge in [0.1, 0.15) is 24.7 Å². The maximum Gasteiger partial charge on any atom is 0.306 e. The van der Waals surface area contributed by atoms with Crippen molar-refractivity contribution in [3.05, 3.63) is 59.7 Å². The Morgan fingerprint density at radius 2 is 1.08 bits per heavy atom. The van der Waals surface area contributed by atoms with E-state index >= 15 is 0 Å². The Labute approximate surface area is 152 Å². The Bertz CT molecular complexity index is 677. The lowest BCUT2D eigenvalue weighted by atomic mass is 10.2. The van der Waals surface area contributed by atoms with Crippen LogP contribution in [0, 0.1) is 0 Å². The summed E-state index contributed by atoms with van der Waals surface area (Å²) in [6.45, 7) is 0.193. The van der Waals surface area contributed by atoms with Gasteiger partial charge in [-0.15, -0.1) is 0 Å². The van der Waals surface area contributed by atoms with Gasteiger partial charge < -0.3 is 18.9 Å². The lowest BCUT2D eigenvalue weighted by molar-refractivity contribution is -0.151. The van der Waals surface area contributed by atoms with Gasteiger partial charge in [0.25, 0.3) is 0 Å². The van der Waals surface area contributed by atoms with E-state index in [9.17, 15) is 9.59 Å². The fraction of sp³-hybridized carbons (Fsp3) is 0.300. The third-order valence-electron chi connectivity index (χ3n) is 3.70. The molecule has 0 aliphatic carbocycles. The van der Waals surface area contributed by atoms with Crippen LogP contribution in [0.5, 0.6) is 11.5 Å². The lowest BCUT2D eigenvalue weighted by Gasteiger charge is -2.10. The number of ether oxygens (including phenoxy) is 4. The second kappa shape index (κ2) is 10.1. The van der Waals surface area contributed by atoms with E-state index in [4.69, 9.17) is 18.9 Å². The molecule has 0 heterocycles. The smallest absolute Gasteiger partial charge is 0.306 e. The average molecular weight is 358 g/mol. The van der Waals surface area contributed by atoms with Crippen LogP contribution >= 0.6 is 0 Å². The lowest BCUT2D eigenvalue weighted by Crippen LogP contribution is -2.11. The first-order valence-corrected chi connectivity index (χ1v) is 8.19. The van der Waals surface area contributed by atoms with Crippen molar-refractivity contribution in [1.29, 1.82) is 0 Å². The molecule has 2 aromatic rings. The molecule has 0 radical (unpaired) electrons. The first kappa shape index (κ1) is 19.3. The Kier molecular flexibility index (Phi) is 7.49. The highest BCUT2D eigenvalue weighted by molar-refractivity contribution is 5.77. The second-order valence-corrected chi connectivity index (χ2v) is 5.45. The van der Waals surface area contributed by atoms with Crippen molar-refractivity contribution in [3.8, 4) is 11.5 Å². The van der Waals surface area contributed by atoms with Gasteiger partial charge >= 0.3 is 11.9 Å². The zero-order chi connectivity index (χ0) is 18.8. The van der Waals surface area contributed by atoms with E-state index in [0.717, 1.165) is 11.1 Å². The number of para-hydroxylation sites is 2. The van der Waals surface area contributed by atoms with Crippen LogP contribution in [-0.2, 0) is 32.3 Å². The van der Waals surface area contributed by atoms with Gasteiger partial charge in [0, 0.05) is 11.1 Å². The largest absolute Gasteiger partial charge is 0.496 e. The Hall–Kier alpha value is -3.02. The molecule has 0 bridgehead atoms. The zero-order valence-corrected chi connectivity index (χ0v) is 14.9. The second-order valence-electron chi connectivity index (χ2n) is 5.45. The molecule has 0 N–H and O–H groups in total. The first-order chi connectivity index (χ1) is 12.6. The summed E-state index contributed by atoms with van der Waals surface area (Å²) in [4.78, 5) is 23.6. The summed E-state index contributed by atoms with van der Waals surface area (Å²) in [6, 6.07) is 14.5. The van der Waals surface area contributed by atoms with Gasteiger partial charge in [-0.25, -0.2) is 0 Å². The summed E-state index contributed by atoms with van der Waals surface area (Å²) in [5.74, 6) is 0.364. The summed E-state index contributed by atoms with van der Waals surface area (Å²) in [6.07, 6.45) is -0.0835. The number of carbonyl (C=O) groups is 2. The summed E-state index contributed by atoms with van der Waals surface area (Å²) in [7, 11) is 3.11. The standard InChI is InChI=1S/C20H22O6/c1-23-17-9-5-3-7-15(17)13-25-19(21)11-12-20(22)26-14-16-8-4-6-10-18(16)24-2/h3-10H,11-14H2,1-2H3. The zero-order valence-electron chi connectivity index (χ0n) is 14.9. The minimum atomic E-state index is -0.467. The minimum Gasteiger partial charge on any atom is -0.496 e. The van der Waals surface area contributed by atoms with Gasteiger partial charge in [-0.1, -0.05) is 36.4 Å². The molecule has 0 spiro atoms. The molecule has 0 saturated heterocycles. The third kappa shape index (κ3) is 5.81. The molecule has 2 aromatic carbocycles. The van der Waals surface area contributed by atoms with Crippen LogP contribution in [-0.4, -0.2) is 26.2 Å². The molecule has 0 unspecified atom stereocenters. The predicted molar refractivity (Wildman–Crippen MR) is 94.8 cm³/mol. The molecule has 0 amide bonds. The SMILES string of the molecule is COc1ccccc1COC(=O)CCC(=O)OCc1ccccc1OC. The van der Waals surface area contributed by atoms with Gasteiger partial charge in [0.15, 0.2) is 0 Å². The van der Waals surface area contributed by atoms with Crippen molar-refractivity contribution < 1.29 is 28.5 Å². The molecule has 0 fully saturated rings.